The maximum absolute atomic E-state index is 11.8. The minimum Gasteiger partial charge on any atom is -0.357 e. The summed E-state index contributed by atoms with van der Waals surface area (Å²) in [4.78, 5) is 23.0. The van der Waals surface area contributed by atoms with Gasteiger partial charge in [0, 0.05) is 19.4 Å². The van der Waals surface area contributed by atoms with Crippen molar-refractivity contribution in [2.24, 2.45) is 5.41 Å². The van der Waals surface area contributed by atoms with Crippen molar-refractivity contribution in [2.45, 2.75) is 38.5 Å². The Hall–Kier alpha value is -1.40. The van der Waals surface area contributed by atoms with Gasteiger partial charge in [-0.2, -0.15) is 0 Å². The van der Waals surface area contributed by atoms with Gasteiger partial charge in [0.1, 0.15) is 0 Å². The van der Waals surface area contributed by atoms with E-state index in [4.69, 9.17) is 9.47 Å². The van der Waals surface area contributed by atoms with Crippen LogP contribution in [0.4, 0.5) is 0 Å². The Bertz CT molecular complexity index is 400. The number of hydrogen-bond acceptors (Lipinski definition) is 4. The Morgan fingerprint density at radius 2 is 2.00 bits per heavy atom. The van der Waals surface area contributed by atoms with Gasteiger partial charge in [-0.15, -0.1) is 0 Å². The van der Waals surface area contributed by atoms with E-state index < -0.39 is 12.3 Å². The molecule has 2 rings (SSSR count). The Labute approximate surface area is 118 Å². The number of hydrogen-bond donors (Lipinski definition) is 2. The molecule has 0 bridgehead atoms. The molecule has 6 nitrogen and oxygen atoms in total. The van der Waals surface area contributed by atoms with Gasteiger partial charge < -0.3 is 20.1 Å². The molecule has 0 aromatic rings. The van der Waals surface area contributed by atoms with Crippen LogP contribution >= 0.6 is 0 Å². The minimum atomic E-state index is -0.811. The molecule has 0 saturated carbocycles. The van der Waals surface area contributed by atoms with Gasteiger partial charge in [0.25, 0.3) is 0 Å². The Kier molecular flexibility index (Phi) is 4.77. The number of nitrogens with one attached hydrogen (secondary N) is 2. The van der Waals surface area contributed by atoms with Gasteiger partial charge >= 0.3 is 0 Å². The smallest absolute Gasteiger partial charge is 0.247 e. The molecule has 2 amide bonds. The summed E-state index contributed by atoms with van der Waals surface area (Å²) in [7, 11) is 1.52. The summed E-state index contributed by atoms with van der Waals surface area (Å²) in [5.41, 5.74) is 0.0225. The molecule has 1 spiro atoms. The molecular formula is C14H22N2O4. The van der Waals surface area contributed by atoms with Crippen molar-refractivity contribution in [1.82, 2.24) is 10.6 Å². The Morgan fingerprint density at radius 1 is 1.30 bits per heavy atom. The molecule has 1 aliphatic carbocycles. The zero-order valence-electron chi connectivity index (χ0n) is 12.0. The van der Waals surface area contributed by atoms with E-state index in [0.717, 1.165) is 19.3 Å². The molecule has 6 heteroatoms. The highest BCUT2D eigenvalue weighted by Gasteiger charge is 2.41. The fourth-order valence-corrected chi connectivity index (χ4v) is 2.64. The number of carbonyl (C=O) groups is 2. The summed E-state index contributed by atoms with van der Waals surface area (Å²) in [6.45, 7) is 2.47. The molecule has 1 heterocycles. The van der Waals surface area contributed by atoms with Gasteiger partial charge in [-0.1, -0.05) is 12.2 Å². The molecular weight excluding hydrogens is 260 g/mol. The lowest BCUT2D eigenvalue weighted by molar-refractivity contribution is -0.240. The topological polar surface area (TPSA) is 76.7 Å². The third-order valence-corrected chi connectivity index (χ3v) is 3.83. The van der Waals surface area contributed by atoms with Crippen molar-refractivity contribution in [1.29, 1.82) is 0 Å². The second kappa shape index (κ2) is 6.37. The first kappa shape index (κ1) is 15.0. The highest BCUT2D eigenvalue weighted by atomic mass is 16.7. The van der Waals surface area contributed by atoms with Crippen LogP contribution in [-0.2, 0) is 19.1 Å². The fourth-order valence-electron chi connectivity index (χ4n) is 2.64. The van der Waals surface area contributed by atoms with E-state index >= 15 is 0 Å². The van der Waals surface area contributed by atoms with Crippen molar-refractivity contribution < 1.29 is 19.1 Å². The highest BCUT2D eigenvalue weighted by molar-refractivity contribution is 5.87. The molecule has 1 aliphatic heterocycles. The van der Waals surface area contributed by atoms with E-state index in [0.29, 0.717) is 13.2 Å². The van der Waals surface area contributed by atoms with Crippen LogP contribution in [0.25, 0.3) is 0 Å². The van der Waals surface area contributed by atoms with Crippen LogP contribution in [0, 0.1) is 5.41 Å². The largest absolute Gasteiger partial charge is 0.357 e. The minimum absolute atomic E-state index is 0.0225. The van der Waals surface area contributed by atoms with Crippen LogP contribution in [0.1, 0.15) is 26.2 Å². The van der Waals surface area contributed by atoms with Crippen LogP contribution in [-0.4, -0.2) is 44.4 Å². The fraction of sp³-hybridized carbons (Fsp3) is 0.714. The predicted molar refractivity (Wildman–Crippen MR) is 72.8 cm³/mol. The van der Waals surface area contributed by atoms with E-state index in [1.54, 1.807) is 0 Å². The number of ether oxygens (including phenoxy) is 2. The molecule has 1 fully saturated rings. The van der Waals surface area contributed by atoms with Crippen molar-refractivity contribution in [3.63, 3.8) is 0 Å². The summed E-state index contributed by atoms with van der Waals surface area (Å²) in [5, 5.41) is 5.09. The molecule has 1 atom stereocenters. The van der Waals surface area contributed by atoms with Crippen LogP contribution in [0.15, 0.2) is 12.2 Å². The number of likely N-dealkylation sites (N-methyl/N-ethyl adjacent to an activating group) is 1. The standard InChI is InChI=1S/C14H22N2O4/c1-10(17)16-11(12(18)15-2)13-19-8-14(9-20-13)6-4-3-5-7-14/h3-4,11,13H,5-9H2,1-2H3,(H,15,18)(H,16,17)/t11-,13?,14?/m1/s1. The van der Waals surface area contributed by atoms with E-state index in [9.17, 15) is 9.59 Å². The quantitative estimate of drug-likeness (QED) is 0.732. The number of allylic oxidation sites excluding steroid dienone is 2. The van der Waals surface area contributed by atoms with Crippen LogP contribution in [0.3, 0.4) is 0 Å². The van der Waals surface area contributed by atoms with Gasteiger partial charge in [0.15, 0.2) is 12.3 Å². The van der Waals surface area contributed by atoms with Gasteiger partial charge in [-0.05, 0) is 19.3 Å². The van der Waals surface area contributed by atoms with Crippen LogP contribution < -0.4 is 10.6 Å². The average Bonchev–Trinajstić information content (AvgIpc) is 2.46. The van der Waals surface area contributed by atoms with Gasteiger partial charge in [0.05, 0.1) is 13.2 Å². The zero-order chi connectivity index (χ0) is 14.6. The van der Waals surface area contributed by atoms with E-state index in [1.807, 2.05) is 0 Å². The maximum Gasteiger partial charge on any atom is 0.247 e. The molecule has 112 valence electrons. The lowest BCUT2D eigenvalue weighted by Crippen LogP contribution is -2.57. The third kappa shape index (κ3) is 3.37. The second-order valence-electron chi connectivity index (χ2n) is 5.50. The van der Waals surface area contributed by atoms with Crippen molar-refractivity contribution in [3.05, 3.63) is 12.2 Å². The monoisotopic (exact) mass is 282 g/mol. The van der Waals surface area contributed by atoms with Crippen molar-refractivity contribution in [2.75, 3.05) is 20.3 Å². The zero-order valence-corrected chi connectivity index (χ0v) is 12.0. The van der Waals surface area contributed by atoms with E-state index in [1.165, 1.54) is 14.0 Å². The first-order valence-electron chi connectivity index (χ1n) is 6.93. The SMILES string of the molecule is CNC(=O)[C@@H](NC(C)=O)C1OCC2(CC=CCC2)CO1. The number of amides is 2. The third-order valence-electron chi connectivity index (χ3n) is 3.83. The molecule has 2 N–H and O–H groups in total. The van der Waals surface area contributed by atoms with Gasteiger partial charge in [-0.3, -0.25) is 9.59 Å². The summed E-state index contributed by atoms with van der Waals surface area (Å²) < 4.78 is 11.5. The molecule has 0 aromatic heterocycles. The molecule has 0 unspecified atom stereocenters. The molecule has 2 aliphatic rings. The van der Waals surface area contributed by atoms with Crippen LogP contribution in [0.5, 0.6) is 0 Å². The molecule has 0 aromatic carbocycles. The summed E-state index contributed by atoms with van der Waals surface area (Å²) >= 11 is 0. The van der Waals surface area contributed by atoms with Crippen molar-refractivity contribution in [3.8, 4) is 0 Å². The normalized spacial score (nSPS) is 30.8. The van der Waals surface area contributed by atoms with Crippen molar-refractivity contribution >= 4 is 11.8 Å². The summed E-state index contributed by atoms with van der Waals surface area (Å²) in [6, 6.07) is -0.811. The molecule has 20 heavy (non-hydrogen) atoms. The molecule has 0 radical (unpaired) electrons. The highest BCUT2D eigenvalue weighted by Crippen LogP contribution is 2.37. The van der Waals surface area contributed by atoms with E-state index in [2.05, 4.69) is 22.8 Å². The molecule has 1 saturated heterocycles. The first-order valence-corrected chi connectivity index (χ1v) is 6.93. The number of carbonyl (C=O) groups excluding carboxylic acids is 2. The summed E-state index contributed by atoms with van der Waals surface area (Å²) in [6.07, 6.45) is 6.59. The van der Waals surface area contributed by atoms with Gasteiger partial charge in [0.2, 0.25) is 11.8 Å². The Balaban J connectivity index is 1.97. The van der Waals surface area contributed by atoms with E-state index in [-0.39, 0.29) is 17.2 Å². The Morgan fingerprint density at radius 3 is 2.50 bits per heavy atom. The lowest BCUT2D eigenvalue weighted by Gasteiger charge is -2.42. The maximum atomic E-state index is 11.8. The first-order chi connectivity index (χ1) is 9.56. The van der Waals surface area contributed by atoms with Crippen LogP contribution in [0.2, 0.25) is 0 Å². The summed E-state index contributed by atoms with van der Waals surface area (Å²) in [5.74, 6) is -0.601. The van der Waals surface area contributed by atoms with Gasteiger partial charge in [-0.25, -0.2) is 0 Å². The lowest BCUT2D eigenvalue weighted by atomic mass is 9.78. The second-order valence-corrected chi connectivity index (χ2v) is 5.50. The number of rotatable bonds is 3. The average molecular weight is 282 g/mol. The predicted octanol–water partition coefficient (Wildman–Crippen LogP) is 0.336.